The monoisotopic (exact) mass is 296 g/mol. The van der Waals surface area contributed by atoms with Crippen molar-refractivity contribution in [2.45, 2.75) is 40.2 Å². The van der Waals surface area contributed by atoms with Crippen LogP contribution in [0.4, 0.5) is 14.9 Å². The Hall–Kier alpha value is -2.11. The van der Waals surface area contributed by atoms with Gasteiger partial charge >= 0.3 is 12.0 Å². The minimum absolute atomic E-state index is 0.0653. The van der Waals surface area contributed by atoms with Crippen LogP contribution in [0.15, 0.2) is 18.2 Å². The summed E-state index contributed by atoms with van der Waals surface area (Å²) in [6.45, 7) is 7.27. The van der Waals surface area contributed by atoms with Crippen molar-refractivity contribution in [2.75, 3.05) is 5.32 Å². The Morgan fingerprint density at radius 1 is 1.33 bits per heavy atom. The Balaban J connectivity index is 2.78. The fourth-order valence-electron chi connectivity index (χ4n) is 1.80. The molecule has 21 heavy (non-hydrogen) atoms. The first-order valence-corrected chi connectivity index (χ1v) is 6.65. The van der Waals surface area contributed by atoms with E-state index in [1.54, 1.807) is 13.0 Å². The lowest BCUT2D eigenvalue weighted by atomic mass is 9.85. The Bertz CT molecular complexity index is 538. The van der Waals surface area contributed by atoms with Crippen LogP contribution in [-0.2, 0) is 4.79 Å². The largest absolute Gasteiger partial charge is 0.481 e. The fourth-order valence-corrected chi connectivity index (χ4v) is 1.80. The second-order valence-electron chi connectivity index (χ2n) is 6.10. The first kappa shape index (κ1) is 16.9. The molecule has 0 heterocycles. The molecule has 0 aliphatic rings. The van der Waals surface area contributed by atoms with E-state index in [9.17, 15) is 14.0 Å². The molecule has 0 fully saturated rings. The van der Waals surface area contributed by atoms with Gasteiger partial charge in [0, 0.05) is 6.04 Å². The van der Waals surface area contributed by atoms with Crippen molar-refractivity contribution in [1.29, 1.82) is 0 Å². The van der Waals surface area contributed by atoms with E-state index in [2.05, 4.69) is 10.6 Å². The maximum atomic E-state index is 13.6. The van der Waals surface area contributed by atoms with Gasteiger partial charge in [0.2, 0.25) is 0 Å². The van der Waals surface area contributed by atoms with Crippen LogP contribution in [0.25, 0.3) is 0 Å². The summed E-state index contributed by atoms with van der Waals surface area (Å²) in [5, 5.41) is 13.9. The maximum absolute atomic E-state index is 13.6. The molecule has 0 radical (unpaired) electrons. The van der Waals surface area contributed by atoms with Crippen LogP contribution in [0.3, 0.4) is 0 Å². The number of rotatable bonds is 4. The van der Waals surface area contributed by atoms with Crippen molar-refractivity contribution in [3.05, 3.63) is 29.6 Å². The molecule has 1 rings (SSSR count). The quantitative estimate of drug-likeness (QED) is 0.798. The number of urea groups is 1. The highest BCUT2D eigenvalue weighted by atomic mass is 19.1. The summed E-state index contributed by atoms with van der Waals surface area (Å²) in [7, 11) is 0. The molecule has 1 aromatic carbocycles. The molecule has 0 aliphatic carbocycles. The second-order valence-corrected chi connectivity index (χ2v) is 6.10. The number of halogens is 1. The van der Waals surface area contributed by atoms with Crippen LogP contribution in [0.2, 0.25) is 0 Å². The number of carbonyl (C=O) groups is 2. The summed E-state index contributed by atoms with van der Waals surface area (Å²) in [5.74, 6) is -1.54. The van der Waals surface area contributed by atoms with Crippen LogP contribution in [-0.4, -0.2) is 23.1 Å². The molecule has 1 aromatic rings. The first-order valence-electron chi connectivity index (χ1n) is 6.65. The second kappa shape index (κ2) is 6.56. The predicted molar refractivity (Wildman–Crippen MR) is 78.8 cm³/mol. The molecule has 0 spiro atoms. The molecule has 6 heteroatoms. The van der Waals surface area contributed by atoms with Crippen LogP contribution in [0.5, 0.6) is 0 Å². The number of nitrogens with one attached hydrogen (secondary N) is 2. The normalized spacial score (nSPS) is 12.6. The van der Waals surface area contributed by atoms with Gasteiger partial charge in [-0.15, -0.1) is 0 Å². The van der Waals surface area contributed by atoms with E-state index in [0.717, 1.165) is 5.56 Å². The highest BCUT2D eigenvalue weighted by Crippen LogP contribution is 2.22. The first-order chi connectivity index (χ1) is 9.59. The summed E-state index contributed by atoms with van der Waals surface area (Å²) >= 11 is 0. The van der Waals surface area contributed by atoms with E-state index in [1.165, 1.54) is 12.1 Å². The molecule has 0 saturated heterocycles. The van der Waals surface area contributed by atoms with Crippen molar-refractivity contribution in [3.63, 3.8) is 0 Å². The number of carboxylic acids is 1. The lowest BCUT2D eigenvalue weighted by molar-refractivity contribution is -0.138. The molecule has 0 aromatic heterocycles. The van der Waals surface area contributed by atoms with E-state index in [4.69, 9.17) is 5.11 Å². The maximum Gasteiger partial charge on any atom is 0.319 e. The molecule has 1 atom stereocenters. The highest BCUT2D eigenvalue weighted by molar-refractivity contribution is 5.90. The van der Waals surface area contributed by atoms with Crippen molar-refractivity contribution < 1.29 is 19.1 Å². The van der Waals surface area contributed by atoms with Gasteiger partial charge in [0.1, 0.15) is 5.82 Å². The minimum Gasteiger partial charge on any atom is -0.481 e. The third-order valence-corrected chi connectivity index (χ3v) is 3.10. The van der Waals surface area contributed by atoms with Crippen LogP contribution < -0.4 is 10.6 Å². The van der Waals surface area contributed by atoms with Gasteiger partial charge in [-0.2, -0.15) is 0 Å². The Kier molecular flexibility index (Phi) is 5.29. The molecular formula is C15H21FN2O3. The Morgan fingerprint density at radius 2 is 1.95 bits per heavy atom. The number of benzene rings is 1. The lowest BCUT2D eigenvalue weighted by Gasteiger charge is -2.30. The molecule has 1 unspecified atom stereocenters. The van der Waals surface area contributed by atoms with Crippen molar-refractivity contribution in [1.82, 2.24) is 5.32 Å². The lowest BCUT2D eigenvalue weighted by Crippen LogP contribution is -2.46. The molecule has 0 aliphatic heterocycles. The predicted octanol–water partition coefficient (Wildman–Crippen LogP) is 3.15. The Morgan fingerprint density at radius 3 is 2.48 bits per heavy atom. The van der Waals surface area contributed by atoms with Gasteiger partial charge in [0.05, 0.1) is 12.1 Å². The van der Waals surface area contributed by atoms with Gasteiger partial charge < -0.3 is 15.7 Å². The van der Waals surface area contributed by atoms with Gasteiger partial charge in [-0.25, -0.2) is 9.18 Å². The fraction of sp³-hybridized carbons (Fsp3) is 0.467. The van der Waals surface area contributed by atoms with E-state index >= 15 is 0 Å². The number of hydrogen-bond donors (Lipinski definition) is 3. The third-order valence-electron chi connectivity index (χ3n) is 3.10. The molecule has 5 nitrogen and oxygen atoms in total. The highest BCUT2D eigenvalue weighted by Gasteiger charge is 2.28. The smallest absolute Gasteiger partial charge is 0.319 e. The van der Waals surface area contributed by atoms with E-state index in [0.29, 0.717) is 0 Å². The van der Waals surface area contributed by atoms with E-state index in [1.807, 2.05) is 20.8 Å². The third kappa shape index (κ3) is 5.41. The number of carbonyl (C=O) groups excluding carboxylic acids is 1. The number of aliphatic carboxylic acids is 1. The molecule has 0 saturated carbocycles. The summed E-state index contributed by atoms with van der Waals surface area (Å²) < 4.78 is 13.6. The zero-order valence-corrected chi connectivity index (χ0v) is 12.7. The molecule has 0 bridgehead atoms. The number of aryl methyl sites for hydroxylation is 1. The zero-order valence-electron chi connectivity index (χ0n) is 12.7. The average molecular weight is 296 g/mol. The summed E-state index contributed by atoms with van der Waals surface area (Å²) in [6, 6.07) is 3.19. The van der Waals surface area contributed by atoms with Crippen LogP contribution in [0, 0.1) is 18.2 Å². The summed E-state index contributed by atoms with van der Waals surface area (Å²) in [6.07, 6.45) is -0.201. The van der Waals surface area contributed by atoms with Gasteiger partial charge in [0.15, 0.2) is 0 Å². The molecule has 2 amide bonds. The van der Waals surface area contributed by atoms with Crippen LogP contribution >= 0.6 is 0 Å². The number of anilines is 1. The van der Waals surface area contributed by atoms with Crippen LogP contribution in [0.1, 0.15) is 32.8 Å². The summed E-state index contributed by atoms with van der Waals surface area (Å²) in [4.78, 5) is 22.8. The van der Waals surface area contributed by atoms with Gasteiger partial charge in [-0.3, -0.25) is 4.79 Å². The standard InChI is InChI=1S/C15H21FN2O3/c1-9-5-6-10(16)11(7-9)17-14(21)18-12(8-13(19)20)15(2,3)4/h5-7,12H,8H2,1-4H3,(H,19,20)(H2,17,18,21). The van der Waals surface area contributed by atoms with Gasteiger partial charge in [-0.1, -0.05) is 26.8 Å². The van der Waals surface area contributed by atoms with E-state index < -0.39 is 29.3 Å². The SMILES string of the molecule is Cc1ccc(F)c(NC(=O)NC(CC(=O)O)C(C)(C)C)c1. The number of amides is 2. The zero-order chi connectivity index (χ0) is 16.2. The molecular weight excluding hydrogens is 275 g/mol. The summed E-state index contributed by atoms with van der Waals surface area (Å²) in [5.41, 5.74) is 0.445. The topological polar surface area (TPSA) is 78.4 Å². The van der Waals surface area contributed by atoms with Crippen molar-refractivity contribution in [2.24, 2.45) is 5.41 Å². The van der Waals surface area contributed by atoms with E-state index in [-0.39, 0.29) is 12.1 Å². The molecule has 3 N–H and O–H groups in total. The number of hydrogen-bond acceptors (Lipinski definition) is 2. The average Bonchev–Trinajstić information content (AvgIpc) is 2.31. The minimum atomic E-state index is -1.00. The van der Waals surface area contributed by atoms with Gasteiger partial charge in [0.25, 0.3) is 0 Å². The Labute approximate surface area is 123 Å². The number of carboxylic acid groups (broad SMARTS) is 1. The van der Waals surface area contributed by atoms with Crippen molar-refractivity contribution >= 4 is 17.7 Å². The molecule has 116 valence electrons. The van der Waals surface area contributed by atoms with Crippen molar-refractivity contribution in [3.8, 4) is 0 Å². The van der Waals surface area contributed by atoms with Gasteiger partial charge in [-0.05, 0) is 30.0 Å².